The van der Waals surface area contributed by atoms with E-state index in [1.54, 1.807) is 5.57 Å². The van der Waals surface area contributed by atoms with Crippen LogP contribution in [0, 0.1) is 34.5 Å². The molecule has 5 aliphatic rings. The summed E-state index contributed by atoms with van der Waals surface area (Å²) in [7, 11) is 0. The SMILES string of the molecule is CC12CC[C@](C)(O)CC1=CCC1C2CCC2(C)C(CCCC3(O)CCOCC3)CCC12. The van der Waals surface area contributed by atoms with Gasteiger partial charge in [-0.25, -0.2) is 0 Å². The van der Waals surface area contributed by atoms with Crippen LogP contribution in [0.4, 0.5) is 0 Å². The quantitative estimate of drug-likeness (QED) is 0.536. The monoisotopic (exact) mass is 430 g/mol. The lowest BCUT2D eigenvalue weighted by Crippen LogP contribution is -2.51. The Balaban J connectivity index is 1.26. The molecular weight excluding hydrogens is 384 g/mol. The molecule has 0 aromatic carbocycles. The van der Waals surface area contributed by atoms with E-state index in [0.29, 0.717) is 10.8 Å². The van der Waals surface area contributed by atoms with Gasteiger partial charge in [-0.15, -0.1) is 0 Å². The molecule has 1 heterocycles. The van der Waals surface area contributed by atoms with Gasteiger partial charge in [0.25, 0.3) is 0 Å². The normalized spacial score (nSPS) is 49.0. The van der Waals surface area contributed by atoms with Crippen molar-refractivity contribution >= 4 is 0 Å². The minimum Gasteiger partial charge on any atom is -0.390 e. The molecule has 1 aliphatic heterocycles. The molecule has 31 heavy (non-hydrogen) atoms. The van der Waals surface area contributed by atoms with Crippen LogP contribution < -0.4 is 0 Å². The average Bonchev–Trinajstić information content (AvgIpc) is 3.05. The van der Waals surface area contributed by atoms with E-state index in [-0.39, 0.29) is 0 Å². The maximum atomic E-state index is 10.9. The Kier molecular flexibility index (Phi) is 5.67. The second-order valence-corrected chi connectivity index (χ2v) is 13.0. The largest absolute Gasteiger partial charge is 0.390 e. The smallest absolute Gasteiger partial charge is 0.0691 e. The second-order valence-electron chi connectivity index (χ2n) is 13.0. The van der Waals surface area contributed by atoms with Crippen LogP contribution in [0.3, 0.4) is 0 Å². The topological polar surface area (TPSA) is 49.7 Å². The fourth-order valence-corrected chi connectivity index (χ4v) is 9.07. The third-order valence-corrected chi connectivity index (χ3v) is 11.2. The van der Waals surface area contributed by atoms with Gasteiger partial charge >= 0.3 is 0 Å². The van der Waals surface area contributed by atoms with Crippen LogP contribution in [0.2, 0.25) is 0 Å². The number of allylic oxidation sites excluding steroid dienone is 1. The fourth-order valence-electron chi connectivity index (χ4n) is 9.07. The molecule has 0 aromatic rings. The summed E-state index contributed by atoms with van der Waals surface area (Å²) in [4.78, 5) is 0. The van der Waals surface area contributed by atoms with E-state index >= 15 is 0 Å². The van der Waals surface area contributed by atoms with Crippen LogP contribution in [-0.2, 0) is 4.74 Å². The molecule has 0 radical (unpaired) electrons. The molecule has 0 amide bonds. The number of ether oxygens (including phenoxy) is 1. The van der Waals surface area contributed by atoms with Gasteiger partial charge < -0.3 is 14.9 Å². The van der Waals surface area contributed by atoms with E-state index in [1.807, 2.05) is 6.92 Å². The first-order chi connectivity index (χ1) is 14.7. The van der Waals surface area contributed by atoms with E-state index < -0.39 is 11.2 Å². The van der Waals surface area contributed by atoms with Gasteiger partial charge in [-0.1, -0.05) is 31.9 Å². The first-order valence-electron chi connectivity index (χ1n) is 13.4. The predicted molar refractivity (Wildman–Crippen MR) is 125 cm³/mol. The van der Waals surface area contributed by atoms with Crippen molar-refractivity contribution in [3.05, 3.63) is 11.6 Å². The lowest BCUT2D eigenvalue weighted by Gasteiger charge is -2.59. The van der Waals surface area contributed by atoms with Crippen molar-refractivity contribution in [2.24, 2.45) is 34.5 Å². The molecule has 7 atom stereocenters. The third-order valence-electron chi connectivity index (χ3n) is 11.2. The van der Waals surface area contributed by atoms with E-state index in [2.05, 4.69) is 19.9 Å². The van der Waals surface area contributed by atoms with Crippen molar-refractivity contribution in [1.82, 2.24) is 0 Å². The van der Waals surface area contributed by atoms with Gasteiger partial charge in [0.2, 0.25) is 0 Å². The van der Waals surface area contributed by atoms with Gasteiger partial charge in [0, 0.05) is 13.2 Å². The Hall–Kier alpha value is -0.380. The Bertz CT molecular complexity index is 705. The zero-order valence-electron chi connectivity index (χ0n) is 20.3. The first-order valence-corrected chi connectivity index (χ1v) is 13.4. The van der Waals surface area contributed by atoms with Crippen LogP contribution in [0.5, 0.6) is 0 Å². The summed E-state index contributed by atoms with van der Waals surface area (Å²) in [6.07, 6.45) is 17.5. The molecule has 2 N–H and O–H groups in total. The zero-order chi connectivity index (χ0) is 21.9. The predicted octanol–water partition coefficient (Wildman–Crippen LogP) is 6.03. The van der Waals surface area contributed by atoms with Crippen molar-refractivity contribution in [1.29, 1.82) is 0 Å². The molecule has 176 valence electrons. The summed E-state index contributed by atoms with van der Waals surface area (Å²) in [5.74, 6) is 3.38. The van der Waals surface area contributed by atoms with Crippen molar-refractivity contribution < 1.29 is 14.9 Å². The average molecular weight is 431 g/mol. The molecular formula is C28H46O3. The molecule has 4 aliphatic carbocycles. The Morgan fingerprint density at radius 3 is 2.48 bits per heavy atom. The van der Waals surface area contributed by atoms with Gasteiger partial charge in [-0.3, -0.25) is 0 Å². The van der Waals surface area contributed by atoms with Crippen molar-refractivity contribution in [3.63, 3.8) is 0 Å². The van der Waals surface area contributed by atoms with Crippen LogP contribution in [0.25, 0.3) is 0 Å². The highest BCUT2D eigenvalue weighted by Gasteiger charge is 2.58. The Labute approximate surface area is 190 Å². The highest BCUT2D eigenvalue weighted by atomic mass is 16.5. The standard InChI is InChI=1S/C28H46O3/c1-25(29)13-14-27(3)21(19-25)6-8-22-23-9-7-20(26(23,2)12-10-24(22)27)5-4-11-28(30)15-17-31-18-16-28/h6,20,22-24,29-30H,4-5,7-19H2,1-3H3/t20?,22?,23?,24?,25-,26?,27?/m0/s1. The van der Waals surface area contributed by atoms with Crippen LogP contribution in [0.1, 0.15) is 104 Å². The molecule has 3 saturated carbocycles. The molecule has 3 nitrogen and oxygen atoms in total. The van der Waals surface area contributed by atoms with Crippen LogP contribution in [0.15, 0.2) is 11.6 Å². The Morgan fingerprint density at radius 2 is 1.71 bits per heavy atom. The molecule has 0 spiro atoms. The summed E-state index contributed by atoms with van der Waals surface area (Å²) in [5.41, 5.74) is 1.45. The van der Waals surface area contributed by atoms with Crippen LogP contribution >= 0.6 is 0 Å². The maximum Gasteiger partial charge on any atom is 0.0691 e. The zero-order valence-corrected chi connectivity index (χ0v) is 20.3. The van der Waals surface area contributed by atoms with Gasteiger partial charge in [0.1, 0.15) is 0 Å². The summed E-state index contributed by atoms with van der Waals surface area (Å²) in [6, 6.07) is 0. The van der Waals surface area contributed by atoms with Gasteiger partial charge in [-0.2, -0.15) is 0 Å². The number of rotatable bonds is 4. The van der Waals surface area contributed by atoms with E-state index in [0.717, 1.165) is 69.0 Å². The molecule has 1 saturated heterocycles. The Morgan fingerprint density at radius 1 is 0.935 bits per heavy atom. The number of aliphatic hydroxyl groups is 2. The summed E-state index contributed by atoms with van der Waals surface area (Å²) in [5, 5.41) is 21.5. The minimum atomic E-state index is -0.492. The lowest BCUT2D eigenvalue weighted by molar-refractivity contribution is -0.0744. The first kappa shape index (κ1) is 22.4. The van der Waals surface area contributed by atoms with Gasteiger partial charge in [-0.05, 0) is 118 Å². The number of hydrogen-bond donors (Lipinski definition) is 2. The lowest BCUT2D eigenvalue weighted by atomic mass is 9.46. The van der Waals surface area contributed by atoms with Crippen molar-refractivity contribution in [2.45, 2.75) is 115 Å². The fraction of sp³-hybridized carbons (Fsp3) is 0.929. The van der Waals surface area contributed by atoms with Crippen LogP contribution in [-0.4, -0.2) is 34.6 Å². The third kappa shape index (κ3) is 3.85. The highest BCUT2D eigenvalue weighted by Crippen LogP contribution is 2.67. The molecule has 5 rings (SSSR count). The van der Waals surface area contributed by atoms with E-state index in [9.17, 15) is 10.2 Å². The molecule has 0 bridgehead atoms. The number of fused-ring (bicyclic) bond motifs is 5. The van der Waals surface area contributed by atoms with E-state index in [1.165, 1.54) is 51.4 Å². The molecule has 0 aromatic heterocycles. The second kappa shape index (κ2) is 7.84. The molecule has 3 heteroatoms. The molecule has 6 unspecified atom stereocenters. The summed E-state index contributed by atoms with van der Waals surface area (Å²) in [6.45, 7) is 8.66. The van der Waals surface area contributed by atoms with E-state index in [4.69, 9.17) is 4.74 Å². The number of hydrogen-bond acceptors (Lipinski definition) is 3. The highest BCUT2D eigenvalue weighted by molar-refractivity contribution is 5.26. The van der Waals surface area contributed by atoms with Gasteiger partial charge in [0.05, 0.1) is 11.2 Å². The molecule has 4 fully saturated rings. The summed E-state index contributed by atoms with van der Waals surface area (Å²) < 4.78 is 5.46. The minimum absolute atomic E-state index is 0.330. The van der Waals surface area contributed by atoms with Gasteiger partial charge in [0.15, 0.2) is 0 Å². The summed E-state index contributed by atoms with van der Waals surface area (Å²) >= 11 is 0. The van der Waals surface area contributed by atoms with Crippen molar-refractivity contribution in [2.75, 3.05) is 13.2 Å². The maximum absolute atomic E-state index is 10.9. The van der Waals surface area contributed by atoms with Crippen molar-refractivity contribution in [3.8, 4) is 0 Å².